The van der Waals surface area contributed by atoms with E-state index >= 15 is 0 Å². The summed E-state index contributed by atoms with van der Waals surface area (Å²) >= 11 is 0. The van der Waals surface area contributed by atoms with Crippen LogP contribution in [-0.2, 0) is 14.3 Å². The van der Waals surface area contributed by atoms with Crippen molar-refractivity contribution in [1.29, 1.82) is 0 Å². The fourth-order valence-electron chi connectivity index (χ4n) is 1.83. The molecule has 1 heterocycles. The van der Waals surface area contributed by atoms with Gasteiger partial charge in [0, 0.05) is 0 Å². The maximum Gasteiger partial charge on any atom is 0.410 e. The summed E-state index contributed by atoms with van der Waals surface area (Å²) in [5, 5.41) is 8.75. The lowest BCUT2D eigenvalue weighted by molar-refractivity contribution is -0.144. The predicted molar refractivity (Wildman–Crippen MR) is 64.4 cm³/mol. The highest BCUT2D eigenvalue weighted by Gasteiger charge is 2.32. The van der Waals surface area contributed by atoms with Gasteiger partial charge in [-0.15, -0.1) is 0 Å². The number of carboxylic acids is 1. The fourth-order valence-corrected chi connectivity index (χ4v) is 1.83. The molecule has 0 aromatic rings. The van der Waals surface area contributed by atoms with Gasteiger partial charge in [0.1, 0.15) is 5.60 Å². The number of amides is 1. The number of carbonyl (C=O) groups is 2. The molecule has 1 rings (SSSR count). The average molecular weight is 259 g/mol. The van der Waals surface area contributed by atoms with Gasteiger partial charge < -0.3 is 19.5 Å². The monoisotopic (exact) mass is 259 g/mol. The highest BCUT2D eigenvalue weighted by atomic mass is 16.6. The van der Waals surface area contributed by atoms with Crippen LogP contribution in [0.5, 0.6) is 0 Å². The van der Waals surface area contributed by atoms with Gasteiger partial charge in [-0.1, -0.05) is 0 Å². The molecule has 1 aliphatic rings. The molecule has 104 valence electrons. The number of carboxylic acid groups (broad SMARTS) is 1. The predicted octanol–water partition coefficient (Wildman–Crippen LogP) is 1.49. The Labute approximate surface area is 107 Å². The standard InChI is InChI=1S/C12H21NO5/c1-8-6-13(11(16)18-12(2,3)4)7-9(17-8)5-10(14)15/h8-9H,5-7H2,1-4H3,(H,14,15)/t8-,9-/m0/s1. The molecule has 0 aromatic heterocycles. The van der Waals surface area contributed by atoms with E-state index in [1.54, 1.807) is 20.8 Å². The van der Waals surface area contributed by atoms with Crippen LogP contribution in [0.25, 0.3) is 0 Å². The van der Waals surface area contributed by atoms with E-state index in [1.165, 1.54) is 4.90 Å². The van der Waals surface area contributed by atoms with Crippen molar-refractivity contribution in [3.8, 4) is 0 Å². The van der Waals surface area contributed by atoms with E-state index in [9.17, 15) is 9.59 Å². The smallest absolute Gasteiger partial charge is 0.410 e. The molecule has 1 fully saturated rings. The summed E-state index contributed by atoms with van der Waals surface area (Å²) in [7, 11) is 0. The molecule has 0 spiro atoms. The van der Waals surface area contributed by atoms with Crippen LogP contribution >= 0.6 is 0 Å². The Balaban J connectivity index is 2.60. The Hall–Kier alpha value is -1.30. The van der Waals surface area contributed by atoms with Gasteiger partial charge in [0.15, 0.2) is 0 Å². The first-order chi connectivity index (χ1) is 8.17. The maximum absolute atomic E-state index is 11.9. The quantitative estimate of drug-likeness (QED) is 0.813. The van der Waals surface area contributed by atoms with Gasteiger partial charge in [-0.05, 0) is 27.7 Å². The molecule has 0 unspecified atom stereocenters. The number of nitrogens with zero attached hydrogens (tertiary/aromatic N) is 1. The van der Waals surface area contributed by atoms with Crippen molar-refractivity contribution in [3.63, 3.8) is 0 Å². The van der Waals surface area contributed by atoms with Gasteiger partial charge >= 0.3 is 12.1 Å². The minimum Gasteiger partial charge on any atom is -0.481 e. The van der Waals surface area contributed by atoms with Crippen LogP contribution in [-0.4, -0.2) is 53.0 Å². The number of aliphatic carboxylic acids is 1. The summed E-state index contributed by atoms with van der Waals surface area (Å²) in [5.74, 6) is -0.932. The zero-order chi connectivity index (χ0) is 13.9. The zero-order valence-electron chi connectivity index (χ0n) is 11.3. The van der Waals surface area contributed by atoms with E-state index in [1.807, 2.05) is 6.92 Å². The molecule has 1 aliphatic heterocycles. The summed E-state index contributed by atoms with van der Waals surface area (Å²) in [6, 6.07) is 0. The molecule has 6 nitrogen and oxygen atoms in total. The van der Waals surface area contributed by atoms with Gasteiger partial charge in [-0.3, -0.25) is 4.79 Å². The first-order valence-electron chi connectivity index (χ1n) is 6.02. The van der Waals surface area contributed by atoms with Crippen LogP contribution in [0.1, 0.15) is 34.1 Å². The van der Waals surface area contributed by atoms with Gasteiger partial charge in [0.25, 0.3) is 0 Å². The molecule has 18 heavy (non-hydrogen) atoms. The van der Waals surface area contributed by atoms with Crippen LogP contribution < -0.4 is 0 Å². The molecule has 0 saturated carbocycles. The van der Waals surface area contributed by atoms with Gasteiger partial charge in [-0.25, -0.2) is 4.79 Å². The summed E-state index contributed by atoms with van der Waals surface area (Å²) < 4.78 is 10.7. The molecule has 1 saturated heterocycles. The topological polar surface area (TPSA) is 76.1 Å². The van der Waals surface area contributed by atoms with Crippen LogP contribution in [0.4, 0.5) is 4.79 Å². The Morgan fingerprint density at radius 2 is 2.00 bits per heavy atom. The minimum absolute atomic E-state index is 0.108. The number of rotatable bonds is 2. The van der Waals surface area contributed by atoms with E-state index in [4.69, 9.17) is 14.6 Å². The second-order valence-electron chi connectivity index (χ2n) is 5.55. The van der Waals surface area contributed by atoms with Crippen molar-refractivity contribution < 1.29 is 24.2 Å². The Kier molecular flexibility index (Phi) is 4.56. The summed E-state index contributed by atoms with van der Waals surface area (Å²) in [6.45, 7) is 7.87. The van der Waals surface area contributed by atoms with Gasteiger partial charge in [-0.2, -0.15) is 0 Å². The molecule has 2 atom stereocenters. The number of morpholine rings is 1. The average Bonchev–Trinajstić information content (AvgIpc) is 2.12. The molecular weight excluding hydrogens is 238 g/mol. The number of ether oxygens (including phenoxy) is 2. The lowest BCUT2D eigenvalue weighted by atomic mass is 10.1. The Morgan fingerprint density at radius 3 is 2.50 bits per heavy atom. The van der Waals surface area contributed by atoms with Crippen molar-refractivity contribution >= 4 is 12.1 Å². The highest BCUT2D eigenvalue weighted by Crippen LogP contribution is 2.17. The van der Waals surface area contributed by atoms with Crippen LogP contribution in [0.2, 0.25) is 0 Å². The largest absolute Gasteiger partial charge is 0.481 e. The number of carbonyl (C=O) groups excluding carboxylic acids is 1. The first kappa shape index (κ1) is 14.8. The zero-order valence-corrected chi connectivity index (χ0v) is 11.3. The van der Waals surface area contributed by atoms with E-state index in [2.05, 4.69) is 0 Å². The lowest BCUT2D eigenvalue weighted by Crippen LogP contribution is -2.51. The third kappa shape index (κ3) is 4.91. The summed E-state index contributed by atoms with van der Waals surface area (Å²) in [4.78, 5) is 24.1. The SMILES string of the molecule is C[C@H]1CN(C(=O)OC(C)(C)C)C[C@H](CC(=O)O)O1. The lowest BCUT2D eigenvalue weighted by Gasteiger charge is -2.37. The van der Waals surface area contributed by atoms with E-state index < -0.39 is 23.8 Å². The van der Waals surface area contributed by atoms with Crippen molar-refractivity contribution in [2.45, 2.75) is 51.9 Å². The Bertz CT molecular complexity index is 323. The molecule has 1 N–H and O–H groups in total. The minimum atomic E-state index is -0.932. The van der Waals surface area contributed by atoms with E-state index in [0.717, 1.165) is 0 Å². The number of hydrogen-bond acceptors (Lipinski definition) is 4. The molecule has 0 aromatic carbocycles. The molecular formula is C12H21NO5. The van der Waals surface area contributed by atoms with Gasteiger partial charge in [0.2, 0.25) is 0 Å². The normalized spacial score (nSPS) is 24.8. The van der Waals surface area contributed by atoms with Crippen LogP contribution in [0.3, 0.4) is 0 Å². The highest BCUT2D eigenvalue weighted by molar-refractivity contribution is 5.69. The molecule has 1 amide bonds. The van der Waals surface area contributed by atoms with Crippen molar-refractivity contribution in [1.82, 2.24) is 4.90 Å². The molecule has 0 aliphatic carbocycles. The maximum atomic E-state index is 11.9. The second kappa shape index (κ2) is 5.56. The Morgan fingerprint density at radius 1 is 1.39 bits per heavy atom. The fraction of sp³-hybridized carbons (Fsp3) is 0.833. The van der Waals surface area contributed by atoms with Crippen molar-refractivity contribution in [2.75, 3.05) is 13.1 Å². The molecule has 0 radical (unpaired) electrons. The summed E-state index contributed by atoms with van der Waals surface area (Å²) in [5.41, 5.74) is -0.555. The molecule has 6 heteroatoms. The van der Waals surface area contributed by atoms with Crippen LogP contribution in [0, 0.1) is 0 Å². The van der Waals surface area contributed by atoms with Gasteiger partial charge in [0.05, 0.1) is 31.7 Å². The van der Waals surface area contributed by atoms with Crippen molar-refractivity contribution in [2.24, 2.45) is 0 Å². The first-order valence-corrected chi connectivity index (χ1v) is 6.02. The third-order valence-corrected chi connectivity index (χ3v) is 2.38. The third-order valence-electron chi connectivity index (χ3n) is 2.38. The molecule has 0 bridgehead atoms. The second-order valence-corrected chi connectivity index (χ2v) is 5.55. The van der Waals surface area contributed by atoms with E-state index in [-0.39, 0.29) is 19.1 Å². The number of hydrogen-bond donors (Lipinski definition) is 1. The van der Waals surface area contributed by atoms with E-state index in [0.29, 0.717) is 6.54 Å². The summed E-state index contributed by atoms with van der Waals surface area (Å²) in [6.07, 6.45) is -1.19. The van der Waals surface area contributed by atoms with Crippen molar-refractivity contribution in [3.05, 3.63) is 0 Å². The van der Waals surface area contributed by atoms with Crippen LogP contribution in [0.15, 0.2) is 0 Å².